The molecule has 0 spiro atoms. The molecule has 0 unspecified atom stereocenters. The molecule has 144 valence electrons. The minimum absolute atomic E-state index is 0.142. The summed E-state index contributed by atoms with van der Waals surface area (Å²) in [5.41, 5.74) is 0.680. The van der Waals surface area contributed by atoms with Crippen LogP contribution in [0.15, 0.2) is 45.3 Å². The fourth-order valence-electron chi connectivity index (χ4n) is 3.11. The molecule has 0 saturated carbocycles. The van der Waals surface area contributed by atoms with Crippen molar-refractivity contribution in [1.29, 1.82) is 0 Å². The van der Waals surface area contributed by atoms with Gasteiger partial charge in [0.05, 0.1) is 21.8 Å². The molecule has 0 atom stereocenters. The maximum atomic E-state index is 13.0. The van der Waals surface area contributed by atoms with Gasteiger partial charge in [0.15, 0.2) is 0 Å². The van der Waals surface area contributed by atoms with Gasteiger partial charge in [0.25, 0.3) is 11.1 Å². The van der Waals surface area contributed by atoms with E-state index in [9.17, 15) is 9.59 Å². The maximum Gasteiger partial charge on any atom is 0.266 e. The van der Waals surface area contributed by atoms with Crippen molar-refractivity contribution in [3.8, 4) is 5.95 Å². The minimum atomic E-state index is -0.297. The predicted octanol–water partition coefficient (Wildman–Crippen LogP) is 2.59. The summed E-state index contributed by atoms with van der Waals surface area (Å²) in [6, 6.07) is 5.19. The Labute approximate surface area is 164 Å². The molecular weight excluding hydrogens is 376 g/mol. The highest BCUT2D eigenvalue weighted by Gasteiger charge is 2.13. The summed E-state index contributed by atoms with van der Waals surface area (Å²) in [6.07, 6.45) is 3.37. The molecule has 1 N–H and O–H groups in total. The van der Waals surface area contributed by atoms with Crippen LogP contribution in [-0.4, -0.2) is 35.1 Å². The molecule has 0 aliphatic rings. The number of thioether (sulfide) groups is 1. The molecule has 4 rings (SSSR count). The number of aromatic amines is 1. The van der Waals surface area contributed by atoms with Gasteiger partial charge in [-0.25, -0.2) is 10.1 Å². The van der Waals surface area contributed by atoms with E-state index in [0.717, 1.165) is 5.75 Å². The highest BCUT2D eigenvalue weighted by molar-refractivity contribution is 7.99. The molecule has 0 bridgehead atoms. The first-order valence-electron chi connectivity index (χ1n) is 9.09. The van der Waals surface area contributed by atoms with Crippen molar-refractivity contribution in [2.24, 2.45) is 5.92 Å². The van der Waals surface area contributed by atoms with E-state index in [2.05, 4.69) is 34.0 Å². The Balaban J connectivity index is 1.90. The number of hydrogen-bond acceptors (Lipinski definition) is 6. The first kappa shape index (κ1) is 18.4. The second-order valence-corrected chi connectivity index (χ2v) is 8.12. The molecule has 0 radical (unpaired) electrons. The zero-order chi connectivity index (χ0) is 19.8. The summed E-state index contributed by atoms with van der Waals surface area (Å²) < 4.78 is 3.05. The average molecular weight is 396 g/mol. The summed E-state index contributed by atoms with van der Waals surface area (Å²) in [5.74, 6) is 1.51. The standard InChI is InChI=1S/C19H20N6O2S/c1-4-28-19-21-18(22-23-19)25-8-6-15-13(17(25)27)9-12-14(20-15)5-7-24(16(12)26)10-11(2)3/h5-9,11H,4,10H2,1-3H3,(H,21,22,23). The number of nitrogens with zero attached hydrogens (tertiary/aromatic N) is 5. The van der Waals surface area contributed by atoms with Crippen molar-refractivity contribution in [2.45, 2.75) is 32.5 Å². The summed E-state index contributed by atoms with van der Waals surface area (Å²) in [4.78, 5) is 34.7. The van der Waals surface area contributed by atoms with Gasteiger partial charge >= 0.3 is 0 Å². The van der Waals surface area contributed by atoms with E-state index in [1.807, 2.05) is 13.0 Å². The number of aromatic nitrogens is 6. The minimum Gasteiger partial charge on any atom is -0.315 e. The lowest BCUT2D eigenvalue weighted by atomic mass is 10.1. The van der Waals surface area contributed by atoms with Crippen LogP contribution in [0.2, 0.25) is 0 Å². The Morgan fingerprint density at radius 1 is 1.07 bits per heavy atom. The van der Waals surface area contributed by atoms with Crippen LogP contribution in [0.4, 0.5) is 0 Å². The molecule has 0 aliphatic carbocycles. The number of hydrogen-bond donors (Lipinski definition) is 1. The van der Waals surface area contributed by atoms with E-state index in [0.29, 0.717) is 45.4 Å². The quantitative estimate of drug-likeness (QED) is 0.411. The summed E-state index contributed by atoms with van der Waals surface area (Å²) in [6.45, 7) is 6.72. The third-order valence-electron chi connectivity index (χ3n) is 4.33. The molecule has 28 heavy (non-hydrogen) atoms. The Hall–Kier alpha value is -2.94. The van der Waals surface area contributed by atoms with Gasteiger partial charge in [-0.1, -0.05) is 32.5 Å². The first-order chi connectivity index (χ1) is 13.5. The van der Waals surface area contributed by atoms with Gasteiger partial charge in [0, 0.05) is 18.9 Å². The van der Waals surface area contributed by atoms with Crippen LogP contribution >= 0.6 is 11.8 Å². The van der Waals surface area contributed by atoms with Gasteiger partial charge in [0.2, 0.25) is 11.1 Å². The zero-order valence-electron chi connectivity index (χ0n) is 15.8. The smallest absolute Gasteiger partial charge is 0.266 e. The Morgan fingerprint density at radius 2 is 1.79 bits per heavy atom. The van der Waals surface area contributed by atoms with Crippen LogP contribution in [0.3, 0.4) is 0 Å². The Morgan fingerprint density at radius 3 is 2.50 bits per heavy atom. The first-order valence-corrected chi connectivity index (χ1v) is 10.1. The molecule has 4 aromatic heterocycles. The summed E-state index contributed by atoms with van der Waals surface area (Å²) in [5, 5.41) is 8.28. The zero-order valence-corrected chi connectivity index (χ0v) is 16.7. The predicted molar refractivity (Wildman–Crippen MR) is 110 cm³/mol. The molecule has 9 heteroatoms. The normalized spacial score (nSPS) is 11.7. The van der Waals surface area contributed by atoms with Gasteiger partial charge in [-0.05, 0) is 29.9 Å². The molecule has 0 amide bonds. The van der Waals surface area contributed by atoms with E-state index in [4.69, 9.17) is 0 Å². The Kier molecular flexibility index (Phi) is 4.76. The second-order valence-electron chi connectivity index (χ2n) is 6.89. The van der Waals surface area contributed by atoms with Crippen molar-refractivity contribution < 1.29 is 0 Å². The SMILES string of the molecule is CCSc1n[nH]c(-n2ccc3nc4ccn(CC(C)C)c(=O)c4cc3c2=O)n1. The number of fused-ring (bicyclic) bond motifs is 2. The van der Waals surface area contributed by atoms with Gasteiger partial charge in [-0.2, -0.15) is 4.98 Å². The maximum absolute atomic E-state index is 13.0. The summed E-state index contributed by atoms with van der Waals surface area (Å²) >= 11 is 1.49. The largest absolute Gasteiger partial charge is 0.315 e. The molecule has 0 aliphatic heterocycles. The second kappa shape index (κ2) is 7.23. The van der Waals surface area contributed by atoms with Gasteiger partial charge in [-0.3, -0.25) is 14.2 Å². The molecule has 8 nitrogen and oxygen atoms in total. The summed E-state index contributed by atoms with van der Waals surface area (Å²) in [7, 11) is 0. The molecule has 0 saturated heterocycles. The van der Waals surface area contributed by atoms with Crippen molar-refractivity contribution in [1.82, 2.24) is 29.3 Å². The number of rotatable bonds is 5. The molecule has 4 heterocycles. The van der Waals surface area contributed by atoms with Crippen LogP contribution in [0.1, 0.15) is 20.8 Å². The number of pyridine rings is 3. The van der Waals surface area contributed by atoms with E-state index in [1.54, 1.807) is 29.1 Å². The lowest BCUT2D eigenvalue weighted by Gasteiger charge is -2.10. The highest BCUT2D eigenvalue weighted by Crippen LogP contribution is 2.16. The molecular formula is C19H20N6O2S. The fraction of sp³-hybridized carbons (Fsp3) is 0.316. The van der Waals surface area contributed by atoms with E-state index >= 15 is 0 Å². The van der Waals surface area contributed by atoms with Crippen molar-refractivity contribution in [3.05, 3.63) is 51.3 Å². The monoisotopic (exact) mass is 396 g/mol. The van der Waals surface area contributed by atoms with Crippen LogP contribution in [0.25, 0.3) is 27.8 Å². The van der Waals surface area contributed by atoms with Gasteiger partial charge in [-0.15, -0.1) is 5.10 Å². The van der Waals surface area contributed by atoms with Crippen LogP contribution in [0, 0.1) is 5.92 Å². The van der Waals surface area contributed by atoms with Crippen molar-refractivity contribution in [2.75, 3.05) is 5.75 Å². The Bertz CT molecular complexity index is 1290. The number of H-pyrrole nitrogens is 1. The third-order valence-corrected chi connectivity index (χ3v) is 5.06. The molecule has 4 aromatic rings. The molecule has 0 fully saturated rings. The highest BCUT2D eigenvalue weighted by atomic mass is 32.2. The van der Waals surface area contributed by atoms with Crippen LogP contribution in [-0.2, 0) is 6.54 Å². The van der Waals surface area contributed by atoms with Crippen molar-refractivity contribution >= 4 is 33.6 Å². The van der Waals surface area contributed by atoms with Crippen LogP contribution < -0.4 is 11.1 Å². The van der Waals surface area contributed by atoms with Gasteiger partial charge in [0.1, 0.15) is 0 Å². The van der Waals surface area contributed by atoms with Crippen LogP contribution in [0.5, 0.6) is 0 Å². The fourth-order valence-corrected chi connectivity index (χ4v) is 3.63. The van der Waals surface area contributed by atoms with Gasteiger partial charge < -0.3 is 4.57 Å². The lowest BCUT2D eigenvalue weighted by Crippen LogP contribution is -2.23. The number of nitrogens with one attached hydrogen (secondary N) is 1. The van der Waals surface area contributed by atoms with E-state index in [-0.39, 0.29) is 11.1 Å². The third kappa shape index (κ3) is 3.22. The topological polar surface area (TPSA) is 98.5 Å². The van der Waals surface area contributed by atoms with E-state index < -0.39 is 0 Å². The lowest BCUT2D eigenvalue weighted by molar-refractivity contribution is 0.513. The molecule has 0 aromatic carbocycles. The average Bonchev–Trinajstić information content (AvgIpc) is 3.12. The van der Waals surface area contributed by atoms with Crippen molar-refractivity contribution in [3.63, 3.8) is 0 Å². The van der Waals surface area contributed by atoms with E-state index in [1.165, 1.54) is 16.3 Å².